The van der Waals surface area contributed by atoms with Gasteiger partial charge >= 0.3 is 12.1 Å². The highest BCUT2D eigenvalue weighted by molar-refractivity contribution is 6.30. The number of alkyl halides is 3. The zero-order chi connectivity index (χ0) is 15.3. The number of hydrogen-bond donors (Lipinski definition) is 1. The van der Waals surface area contributed by atoms with Crippen LogP contribution in [0.25, 0.3) is 0 Å². The summed E-state index contributed by atoms with van der Waals surface area (Å²) in [6, 6.07) is 1.71. The van der Waals surface area contributed by atoms with E-state index < -0.39 is 30.5 Å². The number of hydrogen-bond acceptors (Lipinski definition) is 3. The van der Waals surface area contributed by atoms with Crippen LogP contribution in [0.15, 0.2) is 18.2 Å². The molecule has 1 atom stereocenters. The van der Waals surface area contributed by atoms with E-state index in [0.29, 0.717) is 0 Å². The van der Waals surface area contributed by atoms with Gasteiger partial charge in [0.1, 0.15) is 11.9 Å². The van der Waals surface area contributed by atoms with Crippen LogP contribution in [0.3, 0.4) is 0 Å². The maximum atomic E-state index is 13.7. The average molecular weight is 314 g/mol. The van der Waals surface area contributed by atoms with Crippen LogP contribution in [0.5, 0.6) is 0 Å². The van der Waals surface area contributed by atoms with E-state index >= 15 is 0 Å². The van der Waals surface area contributed by atoms with Crippen molar-refractivity contribution in [2.45, 2.75) is 19.1 Å². The number of ether oxygens (including phenoxy) is 1. The van der Waals surface area contributed by atoms with Crippen molar-refractivity contribution in [2.75, 3.05) is 13.2 Å². The lowest BCUT2D eigenvalue weighted by Gasteiger charge is -2.19. The molecule has 1 aromatic carbocycles. The molecule has 1 rings (SSSR count). The topological polar surface area (TPSA) is 38.3 Å². The molecule has 0 bridgehead atoms. The predicted molar refractivity (Wildman–Crippen MR) is 64.8 cm³/mol. The standard InChI is InChI=1S/C12H12ClF4NO2/c1-2-20-11(19)10(18-6-12(15,16)17)8-5-7(13)3-4-9(8)14/h3-5,10,18H,2,6H2,1H3. The fraction of sp³-hybridized carbons (Fsp3) is 0.417. The van der Waals surface area contributed by atoms with Gasteiger partial charge in [0.15, 0.2) is 0 Å². The van der Waals surface area contributed by atoms with E-state index in [9.17, 15) is 22.4 Å². The van der Waals surface area contributed by atoms with Gasteiger partial charge in [-0.1, -0.05) is 11.6 Å². The molecule has 1 N–H and O–H groups in total. The highest BCUT2D eigenvalue weighted by Crippen LogP contribution is 2.24. The van der Waals surface area contributed by atoms with Crippen molar-refractivity contribution in [1.29, 1.82) is 0 Å². The second-order valence-electron chi connectivity index (χ2n) is 3.85. The minimum atomic E-state index is -4.54. The first-order valence-electron chi connectivity index (χ1n) is 5.66. The molecule has 20 heavy (non-hydrogen) atoms. The van der Waals surface area contributed by atoms with Crippen LogP contribution in [-0.4, -0.2) is 25.3 Å². The summed E-state index contributed by atoms with van der Waals surface area (Å²) in [5.74, 6) is -1.85. The van der Waals surface area contributed by atoms with Crippen molar-refractivity contribution >= 4 is 17.6 Å². The molecule has 1 aromatic rings. The Balaban J connectivity index is 3.03. The van der Waals surface area contributed by atoms with Gasteiger partial charge in [-0.15, -0.1) is 0 Å². The first kappa shape index (κ1) is 16.7. The third-order valence-electron chi connectivity index (χ3n) is 2.30. The summed E-state index contributed by atoms with van der Waals surface area (Å²) in [7, 11) is 0. The minimum Gasteiger partial charge on any atom is -0.465 e. The second-order valence-corrected chi connectivity index (χ2v) is 4.28. The third-order valence-corrected chi connectivity index (χ3v) is 2.53. The van der Waals surface area contributed by atoms with Crippen LogP contribution in [0.2, 0.25) is 5.02 Å². The highest BCUT2D eigenvalue weighted by atomic mass is 35.5. The Bertz CT molecular complexity index is 479. The lowest BCUT2D eigenvalue weighted by atomic mass is 10.1. The van der Waals surface area contributed by atoms with Gasteiger partial charge in [0, 0.05) is 10.6 Å². The molecule has 0 aliphatic carbocycles. The second kappa shape index (κ2) is 6.90. The Morgan fingerprint density at radius 2 is 2.10 bits per heavy atom. The Kier molecular flexibility index (Phi) is 5.76. The number of carbonyl (C=O) groups is 1. The molecule has 0 fully saturated rings. The van der Waals surface area contributed by atoms with Gasteiger partial charge in [-0.25, -0.2) is 9.18 Å². The molecule has 0 aliphatic heterocycles. The number of rotatable bonds is 5. The van der Waals surface area contributed by atoms with Crippen molar-refractivity contribution < 1.29 is 27.1 Å². The van der Waals surface area contributed by atoms with Crippen molar-refractivity contribution in [3.05, 3.63) is 34.6 Å². The fourth-order valence-electron chi connectivity index (χ4n) is 1.50. The van der Waals surface area contributed by atoms with Crippen LogP contribution < -0.4 is 5.32 Å². The summed E-state index contributed by atoms with van der Waals surface area (Å²) in [6.07, 6.45) is -4.54. The van der Waals surface area contributed by atoms with Crippen molar-refractivity contribution in [3.8, 4) is 0 Å². The van der Waals surface area contributed by atoms with E-state index in [-0.39, 0.29) is 17.2 Å². The molecule has 0 amide bonds. The van der Waals surface area contributed by atoms with Crippen LogP contribution in [0.4, 0.5) is 17.6 Å². The molecule has 112 valence electrons. The molecule has 0 spiro atoms. The Morgan fingerprint density at radius 3 is 2.65 bits per heavy atom. The van der Waals surface area contributed by atoms with Crippen molar-refractivity contribution in [2.24, 2.45) is 0 Å². The van der Waals surface area contributed by atoms with E-state index in [4.69, 9.17) is 11.6 Å². The summed E-state index contributed by atoms with van der Waals surface area (Å²) in [5, 5.41) is 2.03. The zero-order valence-electron chi connectivity index (χ0n) is 10.4. The van der Waals surface area contributed by atoms with Gasteiger partial charge < -0.3 is 4.74 Å². The number of benzene rings is 1. The average Bonchev–Trinajstić information content (AvgIpc) is 2.32. The summed E-state index contributed by atoms with van der Waals surface area (Å²) >= 11 is 5.66. The van der Waals surface area contributed by atoms with Crippen molar-refractivity contribution in [1.82, 2.24) is 5.32 Å². The van der Waals surface area contributed by atoms with E-state index in [0.717, 1.165) is 12.1 Å². The van der Waals surface area contributed by atoms with Gasteiger partial charge in [-0.05, 0) is 25.1 Å². The van der Waals surface area contributed by atoms with Gasteiger partial charge in [0.2, 0.25) is 0 Å². The summed E-state index contributed by atoms with van der Waals surface area (Å²) in [6.45, 7) is 0.000692. The molecule has 1 unspecified atom stereocenters. The maximum absolute atomic E-state index is 13.7. The molecular weight excluding hydrogens is 302 g/mol. The SMILES string of the molecule is CCOC(=O)C(NCC(F)(F)F)c1cc(Cl)ccc1F. The smallest absolute Gasteiger partial charge is 0.401 e. The third kappa shape index (κ3) is 4.97. The highest BCUT2D eigenvalue weighted by Gasteiger charge is 2.32. The van der Waals surface area contributed by atoms with E-state index in [1.807, 2.05) is 5.32 Å². The maximum Gasteiger partial charge on any atom is 0.401 e. The normalized spacial score (nSPS) is 13.1. The molecule has 0 aromatic heterocycles. The lowest BCUT2D eigenvalue weighted by molar-refractivity contribution is -0.149. The van der Waals surface area contributed by atoms with Gasteiger partial charge in [0.25, 0.3) is 0 Å². The molecule has 0 saturated heterocycles. The number of halogens is 5. The van der Waals surface area contributed by atoms with Gasteiger partial charge in [0.05, 0.1) is 13.2 Å². The van der Waals surface area contributed by atoms with Crippen LogP contribution in [-0.2, 0) is 9.53 Å². The van der Waals surface area contributed by atoms with Crippen LogP contribution in [0, 0.1) is 5.82 Å². The van der Waals surface area contributed by atoms with Crippen molar-refractivity contribution in [3.63, 3.8) is 0 Å². The molecule has 0 heterocycles. The van der Waals surface area contributed by atoms with Crippen LogP contribution in [0.1, 0.15) is 18.5 Å². The van der Waals surface area contributed by atoms with E-state index in [2.05, 4.69) is 4.74 Å². The van der Waals surface area contributed by atoms with E-state index in [1.54, 1.807) is 0 Å². The Hall–Kier alpha value is -1.34. The molecule has 0 saturated carbocycles. The molecule has 3 nitrogen and oxygen atoms in total. The summed E-state index contributed by atoms with van der Waals surface area (Å²) < 4.78 is 55.0. The molecular formula is C12H12ClF4NO2. The van der Waals surface area contributed by atoms with Gasteiger partial charge in [-0.2, -0.15) is 13.2 Å². The fourth-order valence-corrected chi connectivity index (χ4v) is 1.68. The Labute approximate surface area is 117 Å². The Morgan fingerprint density at radius 1 is 1.45 bits per heavy atom. The van der Waals surface area contributed by atoms with Gasteiger partial charge in [-0.3, -0.25) is 5.32 Å². The van der Waals surface area contributed by atoms with E-state index in [1.165, 1.54) is 13.0 Å². The zero-order valence-corrected chi connectivity index (χ0v) is 11.2. The molecule has 0 aliphatic rings. The largest absolute Gasteiger partial charge is 0.465 e. The first-order valence-corrected chi connectivity index (χ1v) is 6.04. The number of carbonyl (C=O) groups excluding carboxylic acids is 1. The summed E-state index contributed by atoms with van der Waals surface area (Å²) in [5.41, 5.74) is -0.291. The first-order chi connectivity index (χ1) is 9.24. The predicted octanol–water partition coefficient (Wildman–Crippen LogP) is 3.24. The number of nitrogens with one attached hydrogen (secondary N) is 1. The molecule has 8 heteroatoms. The minimum absolute atomic E-state index is 0.0365. The van der Waals surface area contributed by atoms with Crippen LogP contribution >= 0.6 is 11.6 Å². The number of esters is 1. The monoisotopic (exact) mass is 313 g/mol. The molecule has 0 radical (unpaired) electrons. The lowest BCUT2D eigenvalue weighted by Crippen LogP contribution is -2.37. The quantitative estimate of drug-likeness (QED) is 0.670. The summed E-state index contributed by atoms with van der Waals surface area (Å²) in [4.78, 5) is 11.7.